The van der Waals surface area contributed by atoms with E-state index in [9.17, 15) is 14.4 Å². The first-order chi connectivity index (χ1) is 10.9. The molecule has 3 amide bonds. The van der Waals surface area contributed by atoms with Gasteiger partial charge in [-0.3, -0.25) is 9.59 Å². The van der Waals surface area contributed by atoms with E-state index in [0.717, 1.165) is 12.2 Å². The highest BCUT2D eigenvalue weighted by Gasteiger charge is 2.34. The summed E-state index contributed by atoms with van der Waals surface area (Å²) in [6, 6.07) is 6.32. The van der Waals surface area contributed by atoms with Crippen LogP contribution in [0.25, 0.3) is 6.08 Å². The van der Waals surface area contributed by atoms with Crippen LogP contribution in [0, 0.1) is 0 Å². The number of benzene rings is 1. The highest BCUT2D eigenvalue weighted by Crippen LogP contribution is 2.18. The molecule has 0 unspecified atom stereocenters. The van der Waals surface area contributed by atoms with Gasteiger partial charge >= 0.3 is 12.0 Å². The molecular weight excluding hydrogens is 300 g/mol. The van der Waals surface area contributed by atoms with Gasteiger partial charge in [0.2, 0.25) is 0 Å². The average molecular weight is 318 g/mol. The maximum Gasteiger partial charge on any atom is 0.329 e. The smallest absolute Gasteiger partial charge is 0.329 e. The van der Waals surface area contributed by atoms with Crippen molar-refractivity contribution in [3.8, 4) is 5.75 Å². The summed E-state index contributed by atoms with van der Waals surface area (Å²) < 4.78 is 5.66. The Bertz CT molecular complexity index is 651. The molecular formula is C16H18N2O5. The van der Waals surface area contributed by atoms with Gasteiger partial charge in [-0.1, -0.05) is 19.1 Å². The lowest BCUT2D eigenvalue weighted by Crippen LogP contribution is -2.35. The zero-order valence-electron chi connectivity index (χ0n) is 12.9. The molecule has 1 saturated heterocycles. The van der Waals surface area contributed by atoms with Crippen molar-refractivity contribution in [1.82, 2.24) is 10.2 Å². The summed E-state index contributed by atoms with van der Waals surface area (Å²) in [6.45, 7) is 3.34. The molecule has 1 atom stereocenters. The Morgan fingerprint density at radius 3 is 2.57 bits per heavy atom. The molecule has 2 N–H and O–H groups in total. The number of aliphatic carboxylic acids is 1. The second-order valence-corrected chi connectivity index (χ2v) is 5.18. The van der Waals surface area contributed by atoms with Gasteiger partial charge in [-0.05, 0) is 37.1 Å². The van der Waals surface area contributed by atoms with E-state index in [2.05, 4.69) is 5.32 Å². The molecule has 1 aromatic rings. The van der Waals surface area contributed by atoms with E-state index in [4.69, 9.17) is 9.84 Å². The van der Waals surface area contributed by atoms with Gasteiger partial charge in [-0.2, -0.15) is 0 Å². The second-order valence-electron chi connectivity index (χ2n) is 5.18. The number of hydrogen-bond donors (Lipinski definition) is 2. The van der Waals surface area contributed by atoms with Crippen molar-refractivity contribution in [3.05, 3.63) is 35.5 Å². The maximum atomic E-state index is 12.0. The third kappa shape index (κ3) is 4.09. The first kappa shape index (κ1) is 16.5. The van der Waals surface area contributed by atoms with Crippen LogP contribution >= 0.6 is 0 Å². The molecule has 2 rings (SSSR count). The number of carbonyl (C=O) groups excluding carboxylic acids is 2. The van der Waals surface area contributed by atoms with E-state index in [0.29, 0.717) is 10.5 Å². The lowest BCUT2D eigenvalue weighted by Gasteiger charge is -2.12. The fourth-order valence-corrected chi connectivity index (χ4v) is 1.98. The van der Waals surface area contributed by atoms with Gasteiger partial charge in [0.1, 0.15) is 18.0 Å². The summed E-state index contributed by atoms with van der Waals surface area (Å²) in [5.74, 6) is -1.19. The molecule has 0 spiro atoms. The van der Waals surface area contributed by atoms with E-state index in [1.54, 1.807) is 24.3 Å². The van der Waals surface area contributed by atoms with E-state index in [-0.39, 0.29) is 11.8 Å². The second kappa shape index (κ2) is 6.95. The van der Waals surface area contributed by atoms with E-state index >= 15 is 0 Å². The van der Waals surface area contributed by atoms with Crippen molar-refractivity contribution in [3.63, 3.8) is 0 Å². The number of carboxylic acids is 1. The van der Waals surface area contributed by atoms with Crippen molar-refractivity contribution in [2.24, 2.45) is 0 Å². The number of urea groups is 1. The number of nitrogens with zero attached hydrogens (tertiary/aromatic N) is 1. The third-order valence-corrected chi connectivity index (χ3v) is 3.36. The number of carboxylic acid groups (broad SMARTS) is 1. The van der Waals surface area contributed by atoms with Crippen LogP contribution in [0.4, 0.5) is 4.79 Å². The molecule has 1 fully saturated rings. The van der Waals surface area contributed by atoms with Gasteiger partial charge in [0.25, 0.3) is 5.91 Å². The fraction of sp³-hybridized carbons (Fsp3) is 0.312. The molecule has 0 saturated carbocycles. The molecule has 23 heavy (non-hydrogen) atoms. The van der Waals surface area contributed by atoms with Crippen molar-refractivity contribution in [2.45, 2.75) is 26.4 Å². The molecule has 1 aliphatic rings. The number of imide groups is 1. The van der Waals surface area contributed by atoms with Crippen LogP contribution in [0.1, 0.15) is 25.8 Å². The lowest BCUT2D eigenvalue weighted by molar-refractivity contribution is -0.140. The summed E-state index contributed by atoms with van der Waals surface area (Å²) in [4.78, 5) is 34.9. The molecule has 7 nitrogen and oxygen atoms in total. The van der Waals surface area contributed by atoms with Crippen LogP contribution < -0.4 is 10.1 Å². The Hall–Kier alpha value is -2.83. The molecule has 0 bridgehead atoms. The molecule has 122 valence electrons. The molecule has 1 aliphatic heterocycles. The summed E-state index contributed by atoms with van der Waals surface area (Å²) >= 11 is 0. The zero-order valence-corrected chi connectivity index (χ0v) is 12.9. The monoisotopic (exact) mass is 318 g/mol. The van der Waals surface area contributed by atoms with E-state index in [1.165, 1.54) is 6.08 Å². The SMILES string of the molecule is CC[C@H](C)Oc1ccc(/C=C2/NC(=O)N(CC(=O)O)C2=O)cc1. The minimum atomic E-state index is -1.25. The van der Waals surface area contributed by atoms with Crippen molar-refractivity contribution < 1.29 is 24.2 Å². The minimum absolute atomic E-state index is 0.0480. The van der Waals surface area contributed by atoms with Crippen molar-refractivity contribution in [1.29, 1.82) is 0 Å². The maximum absolute atomic E-state index is 12.0. The van der Waals surface area contributed by atoms with E-state index in [1.807, 2.05) is 13.8 Å². The molecule has 0 aliphatic carbocycles. The van der Waals surface area contributed by atoms with Crippen LogP contribution in [-0.2, 0) is 9.59 Å². The number of nitrogens with one attached hydrogen (secondary N) is 1. The van der Waals surface area contributed by atoms with Gasteiger partial charge in [-0.15, -0.1) is 0 Å². The van der Waals surface area contributed by atoms with Gasteiger partial charge in [0.05, 0.1) is 6.10 Å². The number of amides is 3. The Morgan fingerprint density at radius 2 is 2.00 bits per heavy atom. The van der Waals surface area contributed by atoms with Crippen LogP contribution in [0.3, 0.4) is 0 Å². The lowest BCUT2D eigenvalue weighted by atomic mass is 10.2. The summed E-state index contributed by atoms with van der Waals surface area (Å²) in [5.41, 5.74) is 0.745. The summed E-state index contributed by atoms with van der Waals surface area (Å²) in [6.07, 6.45) is 2.50. The molecule has 1 heterocycles. The average Bonchev–Trinajstić information content (AvgIpc) is 2.76. The molecule has 1 aromatic carbocycles. The molecule has 0 aromatic heterocycles. The van der Waals surface area contributed by atoms with E-state index < -0.39 is 24.5 Å². The fourth-order valence-electron chi connectivity index (χ4n) is 1.98. The minimum Gasteiger partial charge on any atom is -0.491 e. The Balaban J connectivity index is 2.11. The zero-order chi connectivity index (χ0) is 17.0. The van der Waals surface area contributed by atoms with Crippen LogP contribution in [-0.4, -0.2) is 40.6 Å². The number of rotatable bonds is 6. The first-order valence-electron chi connectivity index (χ1n) is 7.23. The summed E-state index contributed by atoms with van der Waals surface area (Å²) in [7, 11) is 0. The number of hydrogen-bond acceptors (Lipinski definition) is 4. The highest BCUT2D eigenvalue weighted by molar-refractivity contribution is 6.15. The van der Waals surface area contributed by atoms with Crippen LogP contribution in [0.2, 0.25) is 0 Å². The Kier molecular flexibility index (Phi) is 5.00. The van der Waals surface area contributed by atoms with Crippen LogP contribution in [0.15, 0.2) is 30.0 Å². The normalized spacial score (nSPS) is 17.3. The predicted octanol–water partition coefficient (Wildman–Crippen LogP) is 1.84. The van der Waals surface area contributed by atoms with Gasteiger partial charge < -0.3 is 15.2 Å². The highest BCUT2D eigenvalue weighted by atomic mass is 16.5. The Morgan fingerprint density at radius 1 is 1.35 bits per heavy atom. The standard InChI is InChI=1S/C16H18N2O5/c1-3-10(2)23-12-6-4-11(5-7-12)8-13-15(21)18(9-14(19)20)16(22)17-13/h4-8,10H,3,9H2,1-2H3,(H,17,22)(H,19,20)/b13-8+/t10-/m0/s1. The van der Waals surface area contributed by atoms with Crippen molar-refractivity contribution in [2.75, 3.05) is 6.54 Å². The largest absolute Gasteiger partial charge is 0.491 e. The third-order valence-electron chi connectivity index (χ3n) is 3.36. The summed E-state index contributed by atoms with van der Waals surface area (Å²) in [5, 5.41) is 11.1. The molecule has 7 heteroatoms. The number of carbonyl (C=O) groups is 3. The molecule has 0 radical (unpaired) electrons. The predicted molar refractivity (Wildman–Crippen MR) is 82.7 cm³/mol. The van der Waals surface area contributed by atoms with Gasteiger partial charge in [0, 0.05) is 0 Å². The first-order valence-corrected chi connectivity index (χ1v) is 7.23. The quantitative estimate of drug-likeness (QED) is 0.616. The van der Waals surface area contributed by atoms with Gasteiger partial charge in [-0.25, -0.2) is 9.69 Å². The van der Waals surface area contributed by atoms with Gasteiger partial charge in [0.15, 0.2) is 0 Å². The topological polar surface area (TPSA) is 95.9 Å². The number of ether oxygens (including phenoxy) is 1. The van der Waals surface area contributed by atoms with Crippen molar-refractivity contribution >= 4 is 24.0 Å². The van der Waals surface area contributed by atoms with Crippen LogP contribution in [0.5, 0.6) is 5.75 Å². The Labute approximate surface area is 133 Å².